The molecule has 0 bridgehead atoms. The van der Waals surface area contributed by atoms with Gasteiger partial charge in [0.05, 0.1) is 26.9 Å². The average molecular weight is 490 g/mol. The standard InChI is InChI=1S/C29H35N3O4/c1-6-30-29(33)32-13-11-22-16-25(34-4)26(36-14-12-21-8-10-27(35-5)31-18-21)17-24(22)28(32)23-9-7-19(2)15-20(23)3/h7-10,15-18,28H,6,11-14H2,1-5H3,(H,30,33). The minimum atomic E-state index is -0.208. The highest BCUT2D eigenvalue weighted by molar-refractivity contribution is 5.76. The van der Waals surface area contributed by atoms with Crippen molar-refractivity contribution < 1.29 is 19.0 Å². The van der Waals surface area contributed by atoms with E-state index >= 15 is 0 Å². The topological polar surface area (TPSA) is 72.9 Å². The third-order valence-electron chi connectivity index (χ3n) is 6.62. The first-order chi connectivity index (χ1) is 17.4. The van der Waals surface area contributed by atoms with E-state index < -0.39 is 0 Å². The number of carbonyl (C=O) groups is 1. The fourth-order valence-electron chi connectivity index (χ4n) is 4.80. The van der Waals surface area contributed by atoms with Crippen LogP contribution in [0.1, 0.15) is 46.3 Å². The highest BCUT2D eigenvalue weighted by atomic mass is 16.5. The van der Waals surface area contributed by atoms with E-state index in [0.717, 1.165) is 28.7 Å². The Balaban J connectivity index is 1.67. The van der Waals surface area contributed by atoms with Gasteiger partial charge in [0.2, 0.25) is 5.88 Å². The number of amides is 2. The van der Waals surface area contributed by atoms with Crippen LogP contribution in [0.25, 0.3) is 0 Å². The van der Waals surface area contributed by atoms with Crippen LogP contribution in [0.2, 0.25) is 0 Å². The van der Waals surface area contributed by atoms with Crippen molar-refractivity contribution in [1.29, 1.82) is 0 Å². The van der Waals surface area contributed by atoms with Crippen molar-refractivity contribution in [2.24, 2.45) is 0 Å². The first-order valence-electron chi connectivity index (χ1n) is 12.4. The van der Waals surface area contributed by atoms with E-state index in [1.807, 2.05) is 24.0 Å². The van der Waals surface area contributed by atoms with Crippen molar-refractivity contribution in [3.63, 3.8) is 0 Å². The molecular formula is C29H35N3O4. The zero-order valence-corrected chi connectivity index (χ0v) is 21.8. The number of aryl methyl sites for hydroxylation is 2. The van der Waals surface area contributed by atoms with Crippen LogP contribution < -0.4 is 19.5 Å². The predicted molar refractivity (Wildman–Crippen MR) is 140 cm³/mol. The van der Waals surface area contributed by atoms with Gasteiger partial charge in [0.15, 0.2) is 11.5 Å². The molecule has 0 saturated heterocycles. The van der Waals surface area contributed by atoms with Crippen molar-refractivity contribution in [2.45, 2.75) is 39.7 Å². The van der Waals surface area contributed by atoms with Crippen molar-refractivity contribution >= 4 is 6.03 Å². The van der Waals surface area contributed by atoms with Crippen LogP contribution in [0.5, 0.6) is 17.4 Å². The lowest BCUT2D eigenvalue weighted by Gasteiger charge is -2.38. The van der Waals surface area contributed by atoms with Crippen LogP contribution in [0.15, 0.2) is 48.7 Å². The lowest BCUT2D eigenvalue weighted by atomic mass is 9.85. The minimum absolute atomic E-state index is 0.0570. The molecule has 1 unspecified atom stereocenters. The Morgan fingerprint density at radius 1 is 1.06 bits per heavy atom. The fourth-order valence-corrected chi connectivity index (χ4v) is 4.80. The molecule has 2 aromatic carbocycles. The van der Waals surface area contributed by atoms with Gasteiger partial charge in [-0.3, -0.25) is 0 Å². The van der Waals surface area contributed by atoms with Crippen LogP contribution in [0.3, 0.4) is 0 Å². The summed E-state index contributed by atoms with van der Waals surface area (Å²) >= 11 is 0. The van der Waals surface area contributed by atoms with Gasteiger partial charge < -0.3 is 24.4 Å². The summed E-state index contributed by atoms with van der Waals surface area (Å²) in [5, 5.41) is 2.99. The number of benzene rings is 2. The third kappa shape index (κ3) is 5.40. The smallest absolute Gasteiger partial charge is 0.318 e. The van der Waals surface area contributed by atoms with E-state index in [1.165, 1.54) is 11.1 Å². The number of rotatable bonds is 8. The number of pyridine rings is 1. The number of nitrogens with zero attached hydrogens (tertiary/aromatic N) is 2. The predicted octanol–water partition coefficient (Wildman–Crippen LogP) is 5.01. The van der Waals surface area contributed by atoms with Gasteiger partial charge in [-0.1, -0.05) is 29.8 Å². The summed E-state index contributed by atoms with van der Waals surface area (Å²) in [4.78, 5) is 19.3. The normalized spacial score (nSPS) is 14.7. The fraction of sp³-hybridized carbons (Fsp3) is 0.379. The summed E-state index contributed by atoms with van der Waals surface area (Å²) in [6.07, 6.45) is 3.25. The molecular weight excluding hydrogens is 454 g/mol. The van der Waals surface area contributed by atoms with Crippen LogP contribution in [-0.2, 0) is 12.8 Å². The van der Waals surface area contributed by atoms with Gasteiger partial charge in [-0.2, -0.15) is 0 Å². The summed E-state index contributed by atoms with van der Waals surface area (Å²) in [6.45, 7) is 7.82. The number of urea groups is 1. The lowest BCUT2D eigenvalue weighted by molar-refractivity contribution is 0.180. The highest BCUT2D eigenvalue weighted by Gasteiger charge is 2.34. The molecule has 0 spiro atoms. The molecule has 1 aliphatic heterocycles. The second-order valence-electron chi connectivity index (χ2n) is 9.05. The van der Waals surface area contributed by atoms with Crippen LogP contribution in [0, 0.1) is 13.8 Å². The molecule has 7 nitrogen and oxygen atoms in total. The van der Waals surface area contributed by atoms with Crippen molar-refractivity contribution in [1.82, 2.24) is 15.2 Å². The Hall–Kier alpha value is -3.74. The van der Waals surface area contributed by atoms with Gasteiger partial charge in [-0.25, -0.2) is 9.78 Å². The van der Waals surface area contributed by atoms with Crippen molar-refractivity contribution in [2.75, 3.05) is 33.9 Å². The maximum absolute atomic E-state index is 13.1. The largest absolute Gasteiger partial charge is 0.493 e. The number of methoxy groups -OCH3 is 2. The van der Waals surface area contributed by atoms with Gasteiger partial charge in [0.25, 0.3) is 0 Å². The Labute approximate surface area is 213 Å². The van der Waals surface area contributed by atoms with E-state index in [4.69, 9.17) is 14.2 Å². The number of hydrogen-bond acceptors (Lipinski definition) is 5. The molecule has 0 saturated carbocycles. The molecule has 3 aromatic rings. The first-order valence-corrected chi connectivity index (χ1v) is 12.4. The Kier molecular flexibility index (Phi) is 7.98. The van der Waals surface area contributed by atoms with Gasteiger partial charge in [0.1, 0.15) is 0 Å². The molecule has 4 rings (SSSR count). The zero-order chi connectivity index (χ0) is 25.7. The SMILES string of the molecule is CCNC(=O)N1CCc2cc(OC)c(OCCc3ccc(OC)nc3)cc2C1c1ccc(C)cc1C. The number of nitrogens with one attached hydrogen (secondary N) is 1. The van der Waals surface area contributed by atoms with Crippen LogP contribution in [0.4, 0.5) is 4.79 Å². The molecule has 7 heteroatoms. The summed E-state index contributed by atoms with van der Waals surface area (Å²) in [6, 6.07) is 14.1. The van der Waals surface area contributed by atoms with Crippen LogP contribution >= 0.6 is 0 Å². The molecule has 1 atom stereocenters. The van der Waals surface area contributed by atoms with Gasteiger partial charge in [-0.05, 0) is 67.1 Å². The molecule has 1 aromatic heterocycles. The maximum atomic E-state index is 13.1. The van der Waals surface area contributed by atoms with Gasteiger partial charge in [-0.15, -0.1) is 0 Å². The molecule has 1 aliphatic rings. The van der Waals surface area contributed by atoms with E-state index in [-0.39, 0.29) is 12.1 Å². The first kappa shape index (κ1) is 25.4. The molecule has 190 valence electrons. The van der Waals surface area contributed by atoms with Crippen molar-refractivity contribution in [3.05, 3.63) is 82.0 Å². The van der Waals surface area contributed by atoms with Crippen LogP contribution in [-0.4, -0.2) is 49.8 Å². The van der Waals surface area contributed by atoms with E-state index in [9.17, 15) is 4.79 Å². The number of fused-ring (bicyclic) bond motifs is 1. The third-order valence-corrected chi connectivity index (χ3v) is 6.62. The number of aromatic nitrogens is 1. The molecule has 1 N–H and O–H groups in total. The lowest BCUT2D eigenvalue weighted by Crippen LogP contribution is -2.46. The summed E-state index contributed by atoms with van der Waals surface area (Å²) < 4.78 is 17.1. The summed E-state index contributed by atoms with van der Waals surface area (Å²) in [7, 11) is 3.26. The molecule has 2 amide bonds. The molecule has 0 radical (unpaired) electrons. The number of carbonyl (C=O) groups excluding carboxylic acids is 1. The molecule has 2 heterocycles. The minimum Gasteiger partial charge on any atom is -0.493 e. The quantitative estimate of drug-likeness (QED) is 0.481. The zero-order valence-electron chi connectivity index (χ0n) is 21.8. The summed E-state index contributed by atoms with van der Waals surface area (Å²) in [5.41, 5.74) is 6.78. The average Bonchev–Trinajstić information content (AvgIpc) is 2.88. The Morgan fingerprint density at radius 2 is 1.89 bits per heavy atom. The highest BCUT2D eigenvalue weighted by Crippen LogP contribution is 2.42. The summed E-state index contributed by atoms with van der Waals surface area (Å²) in [5.74, 6) is 1.96. The second kappa shape index (κ2) is 11.3. The molecule has 0 fully saturated rings. The molecule has 0 aliphatic carbocycles. The second-order valence-corrected chi connectivity index (χ2v) is 9.05. The van der Waals surface area contributed by atoms with Gasteiger partial charge in [0, 0.05) is 31.8 Å². The van der Waals surface area contributed by atoms with E-state index in [0.29, 0.717) is 43.5 Å². The number of ether oxygens (including phenoxy) is 3. The van der Waals surface area contributed by atoms with E-state index in [2.05, 4.69) is 54.5 Å². The maximum Gasteiger partial charge on any atom is 0.318 e. The monoisotopic (exact) mass is 489 g/mol. The number of hydrogen-bond donors (Lipinski definition) is 1. The Morgan fingerprint density at radius 3 is 2.56 bits per heavy atom. The van der Waals surface area contributed by atoms with Crippen molar-refractivity contribution in [3.8, 4) is 17.4 Å². The molecule has 36 heavy (non-hydrogen) atoms. The van der Waals surface area contributed by atoms with E-state index in [1.54, 1.807) is 20.4 Å². The van der Waals surface area contributed by atoms with Gasteiger partial charge >= 0.3 is 6.03 Å². The Bertz CT molecular complexity index is 1210.